The second kappa shape index (κ2) is 11.2. The molecule has 1 N–H and O–H groups in total. The van der Waals surface area contributed by atoms with Gasteiger partial charge in [0.15, 0.2) is 17.3 Å². The molecule has 0 aliphatic carbocycles. The first kappa shape index (κ1) is 25.3. The molecule has 0 bridgehead atoms. The number of carbonyl (C=O) groups is 1. The normalized spacial score (nSPS) is 11.5. The Morgan fingerprint density at radius 3 is 2.41 bits per heavy atom. The Balaban J connectivity index is 1.59. The maximum atomic E-state index is 14.2. The predicted octanol–water partition coefficient (Wildman–Crippen LogP) is 5.21. The van der Waals surface area contributed by atoms with Gasteiger partial charge < -0.3 is 19.2 Å². The first-order chi connectivity index (χ1) is 16.2. The van der Waals surface area contributed by atoms with Crippen LogP contribution in [0.3, 0.4) is 0 Å². The highest BCUT2D eigenvalue weighted by Crippen LogP contribution is 2.27. The van der Waals surface area contributed by atoms with Crippen LogP contribution < -0.4 is 14.8 Å². The Morgan fingerprint density at radius 2 is 1.74 bits per heavy atom. The molecule has 0 aliphatic rings. The highest BCUT2D eigenvalue weighted by Gasteiger charge is 2.24. The third kappa shape index (κ3) is 6.60. The summed E-state index contributed by atoms with van der Waals surface area (Å²) in [7, 11) is 3.19. The summed E-state index contributed by atoms with van der Waals surface area (Å²) in [5.41, 5.74) is 1.42. The molecule has 0 aliphatic heterocycles. The number of nitrogens with one attached hydrogen (secondary N) is 1. The molecule has 0 radical (unpaired) electrons. The van der Waals surface area contributed by atoms with E-state index in [0.717, 1.165) is 5.56 Å². The summed E-state index contributed by atoms with van der Waals surface area (Å²) in [4.78, 5) is 14.7. The third-order valence-corrected chi connectivity index (χ3v) is 5.65. The maximum absolute atomic E-state index is 14.2. The van der Waals surface area contributed by atoms with Gasteiger partial charge in [0.2, 0.25) is 0 Å². The van der Waals surface area contributed by atoms with Gasteiger partial charge in [-0.2, -0.15) is 0 Å². The van der Waals surface area contributed by atoms with E-state index in [1.807, 2.05) is 24.3 Å². The van der Waals surface area contributed by atoms with Crippen LogP contribution in [0.5, 0.6) is 11.5 Å². The number of carbonyl (C=O) groups excluding carboxylic acids is 1. The van der Waals surface area contributed by atoms with E-state index in [1.54, 1.807) is 38.5 Å². The van der Waals surface area contributed by atoms with Crippen LogP contribution in [0.15, 0.2) is 59.0 Å². The van der Waals surface area contributed by atoms with Crippen LogP contribution in [-0.4, -0.2) is 37.1 Å². The first-order valence-electron chi connectivity index (χ1n) is 11.3. The summed E-state index contributed by atoms with van der Waals surface area (Å²) in [6.45, 7) is 7.54. The second-order valence-electron chi connectivity index (χ2n) is 9.08. The molecule has 1 amide bonds. The van der Waals surface area contributed by atoms with Gasteiger partial charge in [-0.1, -0.05) is 24.3 Å². The van der Waals surface area contributed by atoms with Crippen molar-refractivity contribution in [3.8, 4) is 11.5 Å². The van der Waals surface area contributed by atoms with E-state index in [2.05, 4.69) is 31.0 Å². The fourth-order valence-corrected chi connectivity index (χ4v) is 3.58. The Morgan fingerprint density at radius 1 is 1.00 bits per heavy atom. The van der Waals surface area contributed by atoms with E-state index in [0.29, 0.717) is 48.9 Å². The molecule has 0 unspecified atom stereocenters. The minimum Gasteiger partial charge on any atom is -0.493 e. The van der Waals surface area contributed by atoms with E-state index in [4.69, 9.17) is 13.9 Å². The number of hydrogen-bond donors (Lipinski definition) is 1. The average Bonchev–Trinajstić information content (AvgIpc) is 3.28. The lowest BCUT2D eigenvalue weighted by Crippen LogP contribution is -2.40. The zero-order chi connectivity index (χ0) is 24.7. The number of amides is 1. The van der Waals surface area contributed by atoms with Crippen LogP contribution in [0.2, 0.25) is 0 Å². The van der Waals surface area contributed by atoms with Gasteiger partial charge in [0.1, 0.15) is 11.6 Å². The topological polar surface area (TPSA) is 63.9 Å². The van der Waals surface area contributed by atoms with Crippen LogP contribution in [-0.2, 0) is 19.5 Å². The first-order valence-corrected chi connectivity index (χ1v) is 11.3. The Bertz CT molecular complexity index is 1100. The van der Waals surface area contributed by atoms with Gasteiger partial charge in [-0.05, 0) is 63.1 Å². The predicted molar refractivity (Wildman–Crippen MR) is 130 cm³/mol. The fraction of sp³-hybridized carbons (Fsp3) is 0.370. The summed E-state index contributed by atoms with van der Waals surface area (Å²) in [6, 6.07) is 15.9. The molecule has 3 rings (SSSR count). The number of halogens is 1. The minimum atomic E-state index is -0.275. The third-order valence-electron chi connectivity index (χ3n) is 5.65. The molecule has 1 heterocycles. The number of nitrogens with zero attached hydrogens (tertiary/aromatic N) is 1. The molecule has 0 saturated carbocycles. The molecule has 182 valence electrons. The van der Waals surface area contributed by atoms with E-state index in [-0.39, 0.29) is 23.0 Å². The lowest BCUT2D eigenvalue weighted by Gasteiger charge is -2.35. The number of rotatable bonds is 10. The van der Waals surface area contributed by atoms with E-state index in [1.165, 1.54) is 6.07 Å². The molecule has 0 saturated heterocycles. The van der Waals surface area contributed by atoms with Crippen molar-refractivity contribution in [3.63, 3.8) is 0 Å². The number of benzene rings is 2. The fourth-order valence-electron chi connectivity index (χ4n) is 3.58. The monoisotopic (exact) mass is 468 g/mol. The molecule has 1 aromatic heterocycles. The van der Waals surface area contributed by atoms with Crippen molar-refractivity contribution in [3.05, 3.63) is 83.1 Å². The van der Waals surface area contributed by atoms with Gasteiger partial charge in [-0.25, -0.2) is 4.39 Å². The van der Waals surface area contributed by atoms with Crippen molar-refractivity contribution >= 4 is 5.91 Å². The second-order valence-corrected chi connectivity index (χ2v) is 9.08. The van der Waals surface area contributed by atoms with Crippen LogP contribution in [0.25, 0.3) is 0 Å². The van der Waals surface area contributed by atoms with Gasteiger partial charge in [-0.15, -0.1) is 0 Å². The number of hydrogen-bond acceptors (Lipinski definition) is 5. The zero-order valence-corrected chi connectivity index (χ0v) is 20.5. The summed E-state index contributed by atoms with van der Waals surface area (Å²) >= 11 is 0. The van der Waals surface area contributed by atoms with Crippen LogP contribution in [0.1, 0.15) is 48.2 Å². The number of methoxy groups -OCH3 is 2. The van der Waals surface area contributed by atoms with Crippen molar-refractivity contribution in [1.29, 1.82) is 0 Å². The smallest absolute Gasteiger partial charge is 0.287 e. The van der Waals surface area contributed by atoms with Gasteiger partial charge in [0.25, 0.3) is 5.91 Å². The Kier molecular flexibility index (Phi) is 8.34. The van der Waals surface area contributed by atoms with Gasteiger partial charge in [0.05, 0.1) is 20.8 Å². The number of furan rings is 1. The Labute approximate surface area is 200 Å². The SMILES string of the molecule is COc1ccc(CCNC(=O)c2ccc(CN(Cc3ccccc3F)C(C)(C)C)o2)cc1OC. The van der Waals surface area contributed by atoms with Gasteiger partial charge in [0, 0.05) is 24.2 Å². The molecular formula is C27H33FN2O4. The average molecular weight is 469 g/mol. The van der Waals surface area contributed by atoms with E-state index < -0.39 is 0 Å². The van der Waals surface area contributed by atoms with Crippen molar-refractivity contribution in [2.75, 3.05) is 20.8 Å². The minimum absolute atomic E-state index is 0.225. The molecule has 0 spiro atoms. The van der Waals surface area contributed by atoms with Crippen molar-refractivity contribution in [2.24, 2.45) is 0 Å². The summed E-state index contributed by atoms with van der Waals surface area (Å²) in [6.07, 6.45) is 0.639. The highest BCUT2D eigenvalue weighted by atomic mass is 19.1. The molecule has 0 fully saturated rings. The van der Waals surface area contributed by atoms with Crippen LogP contribution in [0, 0.1) is 5.82 Å². The van der Waals surface area contributed by atoms with Gasteiger partial charge in [-0.3, -0.25) is 9.69 Å². The highest BCUT2D eigenvalue weighted by molar-refractivity contribution is 5.91. The van der Waals surface area contributed by atoms with Crippen molar-refractivity contribution in [2.45, 2.75) is 45.8 Å². The van der Waals surface area contributed by atoms with Crippen molar-refractivity contribution < 1.29 is 23.1 Å². The van der Waals surface area contributed by atoms with Crippen LogP contribution >= 0.6 is 0 Å². The largest absolute Gasteiger partial charge is 0.493 e. The number of ether oxygens (including phenoxy) is 2. The zero-order valence-electron chi connectivity index (χ0n) is 20.5. The lowest BCUT2D eigenvalue weighted by molar-refractivity contribution is 0.0905. The Hall–Kier alpha value is -3.32. The quantitative estimate of drug-likeness (QED) is 0.443. The maximum Gasteiger partial charge on any atom is 0.287 e. The molecule has 3 aromatic rings. The van der Waals surface area contributed by atoms with E-state index >= 15 is 0 Å². The molecule has 7 heteroatoms. The van der Waals surface area contributed by atoms with Crippen LogP contribution in [0.4, 0.5) is 4.39 Å². The standard InChI is InChI=1S/C27H33FN2O4/c1-27(2,3)30(17-20-8-6-7-9-22(20)28)18-21-11-13-24(34-21)26(31)29-15-14-19-10-12-23(32-4)25(16-19)33-5/h6-13,16H,14-15,17-18H2,1-5H3,(H,29,31). The lowest BCUT2D eigenvalue weighted by atomic mass is 10.0. The summed E-state index contributed by atoms with van der Waals surface area (Å²) in [5, 5.41) is 2.89. The van der Waals surface area contributed by atoms with Crippen molar-refractivity contribution in [1.82, 2.24) is 10.2 Å². The van der Waals surface area contributed by atoms with Gasteiger partial charge >= 0.3 is 0 Å². The molecule has 0 atom stereocenters. The summed E-state index contributed by atoms with van der Waals surface area (Å²) < 4.78 is 30.6. The molecule has 2 aromatic carbocycles. The molecule has 6 nitrogen and oxygen atoms in total. The van der Waals surface area contributed by atoms with E-state index in [9.17, 15) is 9.18 Å². The summed E-state index contributed by atoms with van der Waals surface area (Å²) in [5.74, 6) is 1.71. The molecular weight excluding hydrogens is 435 g/mol. The molecule has 34 heavy (non-hydrogen) atoms.